The van der Waals surface area contributed by atoms with Crippen molar-refractivity contribution in [3.05, 3.63) is 28.7 Å². The van der Waals surface area contributed by atoms with Crippen LogP contribution >= 0.6 is 15.9 Å². The summed E-state index contributed by atoms with van der Waals surface area (Å²) in [5, 5.41) is 1.54. The molecular formula is C15H18BrF3N2O5S. The Kier molecular flexibility index (Phi) is 8.23. The summed E-state index contributed by atoms with van der Waals surface area (Å²) < 4.78 is 68.3. The molecule has 0 spiro atoms. The Hall–Kier alpha value is -1.66. The van der Waals surface area contributed by atoms with E-state index in [1.807, 2.05) is 0 Å². The lowest BCUT2D eigenvalue weighted by Crippen LogP contribution is -2.46. The molecule has 0 saturated carbocycles. The molecule has 12 heteroatoms. The number of amides is 1. The number of ether oxygens (including phenoxy) is 1. The van der Waals surface area contributed by atoms with E-state index in [1.165, 1.54) is 24.3 Å². The van der Waals surface area contributed by atoms with Crippen molar-refractivity contribution in [1.29, 1.82) is 0 Å². The lowest BCUT2D eigenvalue weighted by Gasteiger charge is -2.20. The zero-order valence-corrected chi connectivity index (χ0v) is 16.7. The fraction of sp³-hybridized carbons (Fsp3) is 0.467. The summed E-state index contributed by atoms with van der Waals surface area (Å²) in [5.74, 6) is -2.77. The Bertz CT molecular complexity index is 767. The van der Waals surface area contributed by atoms with Crippen LogP contribution in [0.15, 0.2) is 33.6 Å². The number of nitrogens with one attached hydrogen (secondary N) is 2. The van der Waals surface area contributed by atoms with Gasteiger partial charge in [-0.25, -0.2) is 8.42 Å². The molecule has 1 amide bonds. The van der Waals surface area contributed by atoms with Gasteiger partial charge in [-0.2, -0.15) is 17.9 Å². The molecule has 0 radical (unpaired) electrons. The molecule has 1 atom stereocenters. The lowest BCUT2D eigenvalue weighted by molar-refractivity contribution is -0.153. The van der Waals surface area contributed by atoms with Gasteiger partial charge >= 0.3 is 12.1 Å². The third-order valence-electron chi connectivity index (χ3n) is 3.16. The number of hydrogen-bond donors (Lipinski definition) is 2. The van der Waals surface area contributed by atoms with E-state index in [0.717, 1.165) is 0 Å². The molecule has 0 aliphatic rings. The molecule has 1 unspecified atom stereocenters. The highest BCUT2D eigenvalue weighted by atomic mass is 79.9. The van der Waals surface area contributed by atoms with Crippen molar-refractivity contribution in [2.45, 2.75) is 31.0 Å². The number of halogens is 4. The second kappa shape index (κ2) is 9.51. The summed E-state index contributed by atoms with van der Waals surface area (Å²) in [4.78, 5) is 23.3. The van der Waals surface area contributed by atoms with Crippen LogP contribution in [0.1, 0.15) is 13.8 Å². The van der Waals surface area contributed by atoms with Gasteiger partial charge in [-0.15, -0.1) is 0 Å². The molecule has 2 N–H and O–H groups in total. The maximum Gasteiger partial charge on any atom is 0.405 e. The van der Waals surface area contributed by atoms with Crippen LogP contribution in [0.3, 0.4) is 0 Å². The summed E-state index contributed by atoms with van der Waals surface area (Å²) in [6, 6.07) is 4.32. The van der Waals surface area contributed by atoms with Crippen molar-refractivity contribution in [1.82, 2.24) is 10.0 Å². The second-order valence-electron chi connectivity index (χ2n) is 5.80. The predicted molar refractivity (Wildman–Crippen MR) is 93.1 cm³/mol. The number of rotatable bonds is 8. The van der Waals surface area contributed by atoms with E-state index < -0.39 is 53.2 Å². The predicted octanol–water partition coefficient (Wildman–Crippen LogP) is 1.97. The third kappa shape index (κ3) is 8.26. The van der Waals surface area contributed by atoms with Crippen LogP contribution in [-0.4, -0.2) is 45.7 Å². The number of esters is 1. The minimum atomic E-state index is -4.60. The molecule has 0 aliphatic heterocycles. The Morgan fingerprint density at radius 2 is 1.74 bits per heavy atom. The number of carbonyl (C=O) groups excluding carboxylic acids is 2. The second-order valence-corrected chi connectivity index (χ2v) is 8.43. The van der Waals surface area contributed by atoms with Crippen LogP contribution in [0.5, 0.6) is 0 Å². The van der Waals surface area contributed by atoms with E-state index in [1.54, 1.807) is 19.2 Å². The summed E-state index contributed by atoms with van der Waals surface area (Å²) >= 11 is 3.17. The van der Waals surface area contributed by atoms with E-state index in [0.29, 0.717) is 4.47 Å². The topological polar surface area (TPSA) is 102 Å². The number of hydrogen-bond acceptors (Lipinski definition) is 5. The highest BCUT2D eigenvalue weighted by Gasteiger charge is 2.31. The third-order valence-corrected chi connectivity index (χ3v) is 5.14. The van der Waals surface area contributed by atoms with Crippen LogP contribution in [0.2, 0.25) is 0 Å². The first-order valence-electron chi connectivity index (χ1n) is 7.60. The van der Waals surface area contributed by atoms with Gasteiger partial charge in [0.15, 0.2) is 6.61 Å². The average molecular weight is 475 g/mol. The first-order valence-corrected chi connectivity index (χ1v) is 9.87. The molecule has 27 heavy (non-hydrogen) atoms. The molecular weight excluding hydrogens is 457 g/mol. The minimum Gasteiger partial charge on any atom is -0.454 e. The highest BCUT2D eigenvalue weighted by molar-refractivity contribution is 9.10. The van der Waals surface area contributed by atoms with Crippen molar-refractivity contribution < 1.29 is 35.9 Å². The smallest absolute Gasteiger partial charge is 0.405 e. The largest absolute Gasteiger partial charge is 0.454 e. The summed E-state index contributed by atoms with van der Waals surface area (Å²) in [6.07, 6.45) is -4.60. The number of benzene rings is 1. The van der Waals surface area contributed by atoms with E-state index in [9.17, 15) is 31.2 Å². The quantitative estimate of drug-likeness (QED) is 0.560. The zero-order chi connectivity index (χ0) is 20.8. The number of carbonyl (C=O) groups is 2. The van der Waals surface area contributed by atoms with Crippen LogP contribution in [0, 0.1) is 5.92 Å². The first kappa shape index (κ1) is 23.4. The van der Waals surface area contributed by atoms with E-state index in [2.05, 4.69) is 25.4 Å². The molecule has 7 nitrogen and oxygen atoms in total. The molecule has 0 saturated heterocycles. The molecule has 0 aromatic heterocycles. The van der Waals surface area contributed by atoms with Gasteiger partial charge in [0.05, 0.1) is 4.90 Å². The van der Waals surface area contributed by atoms with Gasteiger partial charge in [0, 0.05) is 4.47 Å². The van der Waals surface area contributed by atoms with Gasteiger partial charge in [-0.05, 0) is 30.2 Å². The molecule has 1 rings (SSSR count). The van der Waals surface area contributed by atoms with Crippen LogP contribution in [0.25, 0.3) is 0 Å². The summed E-state index contributed by atoms with van der Waals surface area (Å²) in [5.41, 5.74) is 0. The van der Waals surface area contributed by atoms with Crippen molar-refractivity contribution in [2.75, 3.05) is 13.2 Å². The standard InChI is InChI=1S/C15H18BrF3N2O5S/c1-9(2)13(14(23)26-7-12(22)20-8-15(17,18)19)21-27(24,25)11-5-3-10(16)4-6-11/h3-6,9,13,21H,7-8H2,1-2H3,(H,20,22). The van der Waals surface area contributed by atoms with Crippen molar-refractivity contribution in [3.63, 3.8) is 0 Å². The van der Waals surface area contributed by atoms with E-state index >= 15 is 0 Å². The van der Waals surface area contributed by atoms with Crippen molar-refractivity contribution in [2.24, 2.45) is 5.92 Å². The summed E-state index contributed by atoms with van der Waals surface area (Å²) in [6.45, 7) is 0.560. The van der Waals surface area contributed by atoms with Gasteiger partial charge in [-0.1, -0.05) is 29.8 Å². The SMILES string of the molecule is CC(C)C(NS(=O)(=O)c1ccc(Br)cc1)C(=O)OCC(=O)NCC(F)(F)F. The van der Waals surface area contributed by atoms with Crippen molar-refractivity contribution in [3.8, 4) is 0 Å². The van der Waals surface area contributed by atoms with Gasteiger partial charge in [0.25, 0.3) is 5.91 Å². The van der Waals surface area contributed by atoms with Gasteiger partial charge in [0.2, 0.25) is 10.0 Å². The van der Waals surface area contributed by atoms with Gasteiger partial charge in [0.1, 0.15) is 12.6 Å². The Morgan fingerprint density at radius 3 is 2.22 bits per heavy atom. The summed E-state index contributed by atoms with van der Waals surface area (Å²) in [7, 11) is -4.06. The molecule has 0 fully saturated rings. The molecule has 0 heterocycles. The Balaban J connectivity index is 2.73. The first-order chi connectivity index (χ1) is 12.3. The molecule has 1 aromatic carbocycles. The average Bonchev–Trinajstić information content (AvgIpc) is 2.55. The maximum absolute atomic E-state index is 12.4. The molecule has 1 aromatic rings. The maximum atomic E-state index is 12.4. The van der Waals surface area contributed by atoms with Crippen LogP contribution < -0.4 is 10.0 Å². The van der Waals surface area contributed by atoms with Crippen LogP contribution in [0.4, 0.5) is 13.2 Å². The monoisotopic (exact) mass is 474 g/mol. The number of sulfonamides is 1. The number of alkyl halides is 3. The minimum absolute atomic E-state index is 0.0907. The molecule has 0 aliphatic carbocycles. The lowest BCUT2D eigenvalue weighted by atomic mass is 10.1. The van der Waals surface area contributed by atoms with E-state index in [4.69, 9.17) is 0 Å². The van der Waals surface area contributed by atoms with Gasteiger partial charge < -0.3 is 10.1 Å². The van der Waals surface area contributed by atoms with Crippen LogP contribution in [-0.2, 0) is 24.3 Å². The fourth-order valence-electron chi connectivity index (χ4n) is 1.78. The highest BCUT2D eigenvalue weighted by Crippen LogP contribution is 2.16. The Morgan fingerprint density at radius 1 is 1.19 bits per heavy atom. The molecule has 152 valence electrons. The van der Waals surface area contributed by atoms with E-state index in [-0.39, 0.29) is 4.90 Å². The Labute approximate surface area is 162 Å². The van der Waals surface area contributed by atoms with Gasteiger partial charge in [-0.3, -0.25) is 9.59 Å². The molecule has 0 bridgehead atoms. The van der Waals surface area contributed by atoms with Crippen molar-refractivity contribution >= 4 is 37.8 Å². The fourth-order valence-corrected chi connectivity index (χ4v) is 3.38. The zero-order valence-electron chi connectivity index (χ0n) is 14.3. The normalized spacial score (nSPS) is 13.3.